The molecule has 0 N–H and O–H groups in total. The zero-order chi connectivity index (χ0) is 19.7. The van der Waals surface area contributed by atoms with Crippen LogP contribution in [0.4, 0.5) is 22.0 Å². The van der Waals surface area contributed by atoms with Gasteiger partial charge in [0.25, 0.3) is 0 Å². The summed E-state index contributed by atoms with van der Waals surface area (Å²) in [5.74, 6) is -5.33. The predicted octanol–water partition coefficient (Wildman–Crippen LogP) is 6.31. The van der Waals surface area contributed by atoms with Crippen molar-refractivity contribution in [2.75, 3.05) is 6.61 Å². The smallest absolute Gasteiger partial charge is 0.200 e. The molecule has 6 heteroatoms. The third-order valence-corrected chi connectivity index (χ3v) is 6.27. The molecule has 27 heavy (non-hydrogen) atoms. The lowest BCUT2D eigenvalue weighted by molar-refractivity contribution is 0.107. The van der Waals surface area contributed by atoms with E-state index in [1.165, 1.54) is 12.1 Å². The van der Waals surface area contributed by atoms with Gasteiger partial charge in [-0.1, -0.05) is 19.4 Å². The zero-order valence-corrected chi connectivity index (χ0v) is 15.7. The van der Waals surface area contributed by atoms with E-state index in [0.29, 0.717) is 6.42 Å². The molecule has 152 valence electrons. The maximum atomic E-state index is 15.2. The maximum Gasteiger partial charge on any atom is 0.200 e. The van der Waals surface area contributed by atoms with Gasteiger partial charge in [-0.2, -0.15) is 4.39 Å². The van der Waals surface area contributed by atoms with Crippen molar-refractivity contribution in [1.29, 1.82) is 0 Å². The molecule has 7 atom stereocenters. The lowest BCUT2D eigenvalue weighted by Crippen LogP contribution is -2.28. The number of alkyl halides is 3. The van der Waals surface area contributed by atoms with Gasteiger partial charge >= 0.3 is 0 Å². The van der Waals surface area contributed by atoms with E-state index in [0.717, 1.165) is 6.42 Å². The molecule has 0 bridgehead atoms. The molecule has 0 heterocycles. The topological polar surface area (TPSA) is 9.23 Å². The number of rotatable bonds is 5. The first kappa shape index (κ1) is 20.4. The van der Waals surface area contributed by atoms with E-state index in [2.05, 4.69) is 0 Å². The van der Waals surface area contributed by atoms with Crippen LogP contribution in [-0.4, -0.2) is 25.1 Å². The normalized spacial score (nSPS) is 36.3. The molecule has 1 nitrogen and oxygen atoms in total. The van der Waals surface area contributed by atoms with Crippen molar-refractivity contribution in [2.45, 2.75) is 70.4 Å². The molecule has 0 spiro atoms. The third kappa shape index (κ3) is 3.81. The summed E-state index contributed by atoms with van der Waals surface area (Å²) in [7, 11) is 0. The van der Waals surface area contributed by atoms with E-state index in [1.54, 1.807) is 6.92 Å². The highest BCUT2D eigenvalue weighted by Gasteiger charge is 2.52. The molecule has 0 saturated heterocycles. The molecule has 2 saturated carbocycles. The van der Waals surface area contributed by atoms with Crippen LogP contribution in [0.2, 0.25) is 0 Å². The Balaban J connectivity index is 1.85. The summed E-state index contributed by atoms with van der Waals surface area (Å²) in [5, 5.41) is 0. The molecule has 0 aliphatic heterocycles. The SMILES string of the molecule is CCCC1CC(F)C2C(CC1F)CC(c1ccc(OCC)c(F)c1F)C2F. The Morgan fingerprint density at radius 2 is 1.70 bits per heavy atom. The minimum Gasteiger partial charge on any atom is -0.491 e. The fraction of sp³-hybridized carbons (Fsp3) is 0.714. The van der Waals surface area contributed by atoms with Gasteiger partial charge in [-0.25, -0.2) is 17.6 Å². The van der Waals surface area contributed by atoms with Crippen molar-refractivity contribution in [3.8, 4) is 5.75 Å². The Morgan fingerprint density at radius 3 is 2.37 bits per heavy atom. The second-order valence-corrected chi connectivity index (χ2v) is 7.89. The standard InChI is InChI=1S/C21H27F5O/c1-3-5-11-9-16(23)18-12(10-15(11)22)8-14(19(18)24)13-6-7-17(27-4-2)21(26)20(13)25/h6-7,11-12,14-16,18-19H,3-5,8-10H2,1-2H3. The van der Waals surface area contributed by atoms with Gasteiger partial charge in [0.2, 0.25) is 5.82 Å². The molecule has 0 aromatic heterocycles. The van der Waals surface area contributed by atoms with E-state index in [1.807, 2.05) is 6.92 Å². The summed E-state index contributed by atoms with van der Waals surface area (Å²) in [6, 6.07) is 2.59. The summed E-state index contributed by atoms with van der Waals surface area (Å²) in [6.45, 7) is 3.74. The highest BCUT2D eigenvalue weighted by atomic mass is 19.2. The molecule has 2 aliphatic rings. The molecule has 1 aromatic carbocycles. The van der Waals surface area contributed by atoms with Gasteiger partial charge in [0, 0.05) is 11.8 Å². The van der Waals surface area contributed by atoms with Crippen molar-refractivity contribution in [3.05, 3.63) is 29.3 Å². The van der Waals surface area contributed by atoms with Crippen molar-refractivity contribution >= 4 is 0 Å². The van der Waals surface area contributed by atoms with E-state index >= 15 is 4.39 Å². The Labute approximate surface area is 157 Å². The molecule has 7 unspecified atom stereocenters. The number of halogens is 5. The van der Waals surface area contributed by atoms with Gasteiger partial charge < -0.3 is 4.74 Å². The molecule has 2 aliphatic carbocycles. The van der Waals surface area contributed by atoms with E-state index in [9.17, 15) is 17.6 Å². The van der Waals surface area contributed by atoms with Gasteiger partial charge in [0.15, 0.2) is 11.6 Å². The van der Waals surface area contributed by atoms with Gasteiger partial charge in [0.05, 0.1) is 6.61 Å². The Morgan fingerprint density at radius 1 is 0.963 bits per heavy atom. The number of ether oxygens (including phenoxy) is 1. The number of benzene rings is 1. The fourth-order valence-corrected chi connectivity index (χ4v) is 5.03. The van der Waals surface area contributed by atoms with Crippen LogP contribution in [0.5, 0.6) is 5.75 Å². The largest absolute Gasteiger partial charge is 0.491 e. The first-order valence-corrected chi connectivity index (χ1v) is 9.91. The fourth-order valence-electron chi connectivity index (χ4n) is 5.03. The maximum absolute atomic E-state index is 15.2. The highest BCUT2D eigenvalue weighted by molar-refractivity contribution is 5.34. The minimum atomic E-state index is -1.65. The van der Waals surface area contributed by atoms with Crippen LogP contribution in [-0.2, 0) is 0 Å². The molecule has 0 radical (unpaired) electrons. The van der Waals surface area contributed by atoms with E-state index in [4.69, 9.17) is 4.74 Å². The summed E-state index contributed by atoms with van der Waals surface area (Å²) in [5.41, 5.74) is -0.107. The van der Waals surface area contributed by atoms with Crippen molar-refractivity contribution < 1.29 is 26.7 Å². The van der Waals surface area contributed by atoms with Gasteiger partial charge in [-0.15, -0.1) is 0 Å². The predicted molar refractivity (Wildman–Crippen MR) is 94.2 cm³/mol. The van der Waals surface area contributed by atoms with Crippen molar-refractivity contribution in [2.24, 2.45) is 17.8 Å². The summed E-state index contributed by atoms with van der Waals surface area (Å²) >= 11 is 0. The molecule has 0 amide bonds. The molecular weight excluding hydrogens is 363 g/mol. The van der Waals surface area contributed by atoms with Crippen LogP contribution >= 0.6 is 0 Å². The van der Waals surface area contributed by atoms with E-state index < -0.39 is 47.9 Å². The van der Waals surface area contributed by atoms with Crippen molar-refractivity contribution in [3.63, 3.8) is 0 Å². The van der Waals surface area contributed by atoms with Crippen LogP contribution in [0.15, 0.2) is 12.1 Å². The van der Waals surface area contributed by atoms with Gasteiger partial charge in [-0.05, 0) is 56.1 Å². The van der Waals surface area contributed by atoms with Gasteiger partial charge in [-0.3, -0.25) is 0 Å². The minimum absolute atomic E-state index is 0.00341. The molecule has 3 rings (SSSR count). The first-order valence-electron chi connectivity index (χ1n) is 9.91. The Kier molecular flexibility index (Phi) is 6.32. The van der Waals surface area contributed by atoms with E-state index in [-0.39, 0.29) is 43.1 Å². The summed E-state index contributed by atoms with van der Waals surface area (Å²) in [4.78, 5) is 0. The lowest BCUT2D eigenvalue weighted by atomic mass is 9.88. The zero-order valence-electron chi connectivity index (χ0n) is 15.7. The Hall–Kier alpha value is -1.33. The first-order chi connectivity index (χ1) is 12.9. The molecular formula is C21H27F5O. The molecule has 2 fully saturated rings. The highest BCUT2D eigenvalue weighted by Crippen LogP contribution is 2.53. The summed E-state index contributed by atoms with van der Waals surface area (Å²) in [6.07, 6.45) is -2.71. The second kappa shape index (κ2) is 8.36. The van der Waals surface area contributed by atoms with Crippen LogP contribution in [0, 0.1) is 29.4 Å². The van der Waals surface area contributed by atoms with Crippen LogP contribution in [0.1, 0.15) is 57.4 Å². The number of hydrogen-bond acceptors (Lipinski definition) is 1. The number of fused-ring (bicyclic) bond motifs is 1. The average Bonchev–Trinajstić information content (AvgIpc) is 2.88. The molecule has 1 aromatic rings. The second-order valence-electron chi connectivity index (χ2n) is 7.89. The average molecular weight is 390 g/mol. The van der Waals surface area contributed by atoms with Crippen molar-refractivity contribution in [1.82, 2.24) is 0 Å². The Bertz CT molecular complexity index is 652. The monoisotopic (exact) mass is 390 g/mol. The van der Waals surface area contributed by atoms with Crippen LogP contribution < -0.4 is 4.74 Å². The third-order valence-electron chi connectivity index (χ3n) is 6.27. The van der Waals surface area contributed by atoms with Crippen LogP contribution in [0.3, 0.4) is 0 Å². The number of hydrogen-bond donors (Lipinski definition) is 0. The van der Waals surface area contributed by atoms with Gasteiger partial charge in [0.1, 0.15) is 18.5 Å². The van der Waals surface area contributed by atoms with Crippen LogP contribution in [0.25, 0.3) is 0 Å². The lowest BCUT2D eigenvalue weighted by Gasteiger charge is -2.23. The summed E-state index contributed by atoms with van der Waals surface area (Å²) < 4.78 is 78.3. The quantitative estimate of drug-likeness (QED) is 0.536.